The fraction of sp³-hybridized carbons (Fsp3) is 0.200. The molecule has 5 nitrogen and oxygen atoms in total. The molecule has 26 heavy (non-hydrogen) atoms. The van der Waals surface area contributed by atoms with E-state index in [9.17, 15) is 9.59 Å². The second-order valence-electron chi connectivity index (χ2n) is 5.98. The molecular weight excluding hydrogens is 348 g/mol. The number of nitrogens with one attached hydrogen (secondary N) is 1. The Labute approximate surface area is 157 Å². The van der Waals surface area contributed by atoms with E-state index in [-0.39, 0.29) is 17.8 Å². The van der Waals surface area contributed by atoms with E-state index in [0.717, 1.165) is 39.9 Å². The second-order valence-corrected chi connectivity index (χ2v) is 6.98. The maximum atomic E-state index is 12.6. The van der Waals surface area contributed by atoms with Crippen LogP contribution in [0.4, 0.5) is 10.5 Å². The zero-order chi connectivity index (χ0) is 18.7. The number of carbonyl (C=O) groups excluding carboxylic acids is 2. The van der Waals surface area contributed by atoms with Crippen molar-refractivity contribution in [2.45, 2.75) is 13.8 Å². The third-order valence-corrected chi connectivity index (χ3v) is 5.09. The minimum Gasteiger partial charge on any atom is -0.497 e. The summed E-state index contributed by atoms with van der Waals surface area (Å²) in [4.78, 5) is 26.5. The first-order valence-corrected chi connectivity index (χ1v) is 9.01. The standard InChI is InChI=1S/C20H20N2O3S/c1-13-5-4-6-14(2)18(13)21-12-22-19(23)17(26-20(22)24)11-15-7-9-16(25-3)10-8-15/h4-11,21H,12H2,1-3H3/b17-11-. The molecule has 3 rings (SSSR count). The van der Waals surface area contributed by atoms with E-state index in [1.54, 1.807) is 13.2 Å². The number of para-hydroxylation sites is 1. The minimum atomic E-state index is -0.283. The molecule has 0 spiro atoms. The maximum Gasteiger partial charge on any atom is 0.295 e. The van der Waals surface area contributed by atoms with Gasteiger partial charge in [0.15, 0.2) is 0 Å². The maximum absolute atomic E-state index is 12.6. The van der Waals surface area contributed by atoms with Gasteiger partial charge in [0.2, 0.25) is 0 Å². The molecule has 6 heteroatoms. The molecule has 0 radical (unpaired) electrons. The van der Waals surface area contributed by atoms with Gasteiger partial charge in [-0.2, -0.15) is 0 Å². The van der Waals surface area contributed by atoms with Crippen molar-refractivity contribution in [3.05, 3.63) is 64.1 Å². The molecule has 1 N–H and O–H groups in total. The van der Waals surface area contributed by atoms with Crippen LogP contribution in [0.5, 0.6) is 5.75 Å². The molecule has 0 unspecified atom stereocenters. The predicted octanol–water partition coefficient (Wildman–Crippen LogP) is 4.42. The monoisotopic (exact) mass is 368 g/mol. The Kier molecular flexibility index (Phi) is 5.32. The predicted molar refractivity (Wildman–Crippen MR) is 105 cm³/mol. The molecule has 1 aliphatic rings. The Morgan fingerprint density at radius 2 is 1.73 bits per heavy atom. The van der Waals surface area contributed by atoms with Gasteiger partial charge in [-0.3, -0.25) is 14.5 Å². The Balaban J connectivity index is 1.73. The zero-order valence-electron chi connectivity index (χ0n) is 14.9. The lowest BCUT2D eigenvalue weighted by molar-refractivity contribution is -0.122. The number of rotatable bonds is 5. The summed E-state index contributed by atoms with van der Waals surface area (Å²) in [5.74, 6) is 0.461. The molecular formula is C20H20N2O3S. The smallest absolute Gasteiger partial charge is 0.295 e. The highest BCUT2D eigenvalue weighted by Gasteiger charge is 2.34. The van der Waals surface area contributed by atoms with E-state index < -0.39 is 0 Å². The van der Waals surface area contributed by atoms with Gasteiger partial charge in [-0.1, -0.05) is 30.3 Å². The number of thioether (sulfide) groups is 1. The highest BCUT2D eigenvalue weighted by atomic mass is 32.2. The van der Waals surface area contributed by atoms with E-state index >= 15 is 0 Å². The summed E-state index contributed by atoms with van der Waals surface area (Å²) in [6, 6.07) is 13.3. The lowest BCUT2D eigenvalue weighted by Gasteiger charge is -2.17. The third-order valence-electron chi connectivity index (χ3n) is 4.18. The van der Waals surface area contributed by atoms with Crippen molar-refractivity contribution in [1.29, 1.82) is 0 Å². The fourth-order valence-electron chi connectivity index (χ4n) is 2.74. The number of amides is 2. The van der Waals surface area contributed by atoms with Gasteiger partial charge < -0.3 is 10.1 Å². The number of benzene rings is 2. The zero-order valence-corrected chi connectivity index (χ0v) is 15.7. The number of aryl methyl sites for hydroxylation is 2. The summed E-state index contributed by atoms with van der Waals surface area (Å²) < 4.78 is 5.12. The Morgan fingerprint density at radius 1 is 1.08 bits per heavy atom. The third kappa shape index (κ3) is 3.75. The number of carbonyl (C=O) groups is 2. The van der Waals surface area contributed by atoms with Crippen LogP contribution in [0.2, 0.25) is 0 Å². The van der Waals surface area contributed by atoms with Crippen LogP contribution in [0.1, 0.15) is 16.7 Å². The van der Waals surface area contributed by atoms with Crippen molar-refractivity contribution in [3.63, 3.8) is 0 Å². The van der Waals surface area contributed by atoms with Crippen LogP contribution in [-0.4, -0.2) is 29.8 Å². The molecule has 1 saturated heterocycles. The molecule has 1 heterocycles. The van der Waals surface area contributed by atoms with Gasteiger partial charge in [0.1, 0.15) is 5.75 Å². The minimum absolute atomic E-state index is 0.149. The summed E-state index contributed by atoms with van der Waals surface area (Å²) in [5, 5.41) is 2.94. The van der Waals surface area contributed by atoms with Gasteiger partial charge >= 0.3 is 0 Å². The van der Waals surface area contributed by atoms with Gasteiger partial charge in [0, 0.05) is 5.69 Å². The number of nitrogens with zero attached hydrogens (tertiary/aromatic N) is 1. The van der Waals surface area contributed by atoms with Gasteiger partial charge in [-0.25, -0.2) is 0 Å². The van der Waals surface area contributed by atoms with Crippen LogP contribution >= 0.6 is 11.8 Å². The summed E-state index contributed by atoms with van der Waals surface area (Å²) in [7, 11) is 1.60. The lowest BCUT2D eigenvalue weighted by atomic mass is 10.1. The molecule has 0 bridgehead atoms. The first-order chi connectivity index (χ1) is 12.5. The highest BCUT2D eigenvalue weighted by Crippen LogP contribution is 2.32. The molecule has 2 aromatic rings. The molecule has 0 aliphatic carbocycles. The van der Waals surface area contributed by atoms with Crippen molar-refractivity contribution in [3.8, 4) is 5.75 Å². The average molecular weight is 368 g/mol. The first-order valence-electron chi connectivity index (χ1n) is 8.19. The van der Waals surface area contributed by atoms with Gasteiger partial charge in [0.25, 0.3) is 11.1 Å². The largest absolute Gasteiger partial charge is 0.497 e. The fourth-order valence-corrected chi connectivity index (χ4v) is 3.58. The van der Waals surface area contributed by atoms with Crippen molar-refractivity contribution in [2.75, 3.05) is 19.1 Å². The Bertz CT molecular complexity index is 855. The van der Waals surface area contributed by atoms with Crippen molar-refractivity contribution in [2.24, 2.45) is 0 Å². The summed E-state index contributed by atoms with van der Waals surface area (Å²) in [5.41, 5.74) is 3.95. The van der Waals surface area contributed by atoms with E-state index in [1.165, 1.54) is 4.90 Å². The van der Waals surface area contributed by atoms with Crippen LogP contribution in [0.25, 0.3) is 6.08 Å². The van der Waals surface area contributed by atoms with E-state index in [4.69, 9.17) is 4.74 Å². The Hall–Kier alpha value is -2.73. The summed E-state index contributed by atoms with van der Waals surface area (Å²) in [6.07, 6.45) is 1.73. The number of ether oxygens (including phenoxy) is 1. The van der Waals surface area contributed by atoms with Gasteiger partial charge in [0.05, 0.1) is 18.7 Å². The topological polar surface area (TPSA) is 58.6 Å². The van der Waals surface area contributed by atoms with E-state index in [1.807, 2.05) is 56.3 Å². The molecule has 134 valence electrons. The SMILES string of the molecule is COc1ccc(/C=C2\SC(=O)N(CNc3c(C)cccc3C)C2=O)cc1. The van der Waals surface area contributed by atoms with Gasteiger partial charge in [-0.05, 0) is 60.5 Å². The quantitative estimate of drug-likeness (QED) is 0.792. The van der Waals surface area contributed by atoms with Gasteiger partial charge in [-0.15, -0.1) is 0 Å². The highest BCUT2D eigenvalue weighted by molar-refractivity contribution is 8.18. The van der Waals surface area contributed by atoms with Crippen LogP contribution in [-0.2, 0) is 4.79 Å². The molecule has 1 aliphatic heterocycles. The number of hydrogen-bond acceptors (Lipinski definition) is 5. The molecule has 1 fully saturated rings. The second kappa shape index (κ2) is 7.66. The number of anilines is 1. The molecule has 0 aromatic heterocycles. The lowest BCUT2D eigenvalue weighted by Crippen LogP contribution is -2.33. The first kappa shape index (κ1) is 18.1. The van der Waals surface area contributed by atoms with Crippen LogP contribution in [0.3, 0.4) is 0 Å². The summed E-state index contributed by atoms with van der Waals surface area (Å²) >= 11 is 0.957. The normalized spacial score (nSPS) is 15.7. The van der Waals surface area contributed by atoms with E-state index in [0.29, 0.717) is 4.91 Å². The van der Waals surface area contributed by atoms with Crippen LogP contribution in [0.15, 0.2) is 47.4 Å². The van der Waals surface area contributed by atoms with Crippen molar-refractivity contribution >= 4 is 34.7 Å². The number of methoxy groups -OCH3 is 1. The molecule has 2 aromatic carbocycles. The van der Waals surface area contributed by atoms with Crippen LogP contribution in [0, 0.1) is 13.8 Å². The number of hydrogen-bond donors (Lipinski definition) is 1. The molecule has 2 amide bonds. The van der Waals surface area contributed by atoms with E-state index in [2.05, 4.69) is 5.32 Å². The summed E-state index contributed by atoms with van der Waals surface area (Å²) in [6.45, 7) is 4.13. The molecule has 0 atom stereocenters. The van der Waals surface area contributed by atoms with Crippen LogP contribution < -0.4 is 10.1 Å². The molecule has 0 saturated carbocycles. The average Bonchev–Trinajstić information content (AvgIpc) is 2.89. The number of imide groups is 1. The van der Waals surface area contributed by atoms with Crippen molar-refractivity contribution in [1.82, 2.24) is 4.90 Å². The Morgan fingerprint density at radius 3 is 2.35 bits per heavy atom. The van der Waals surface area contributed by atoms with Crippen molar-refractivity contribution < 1.29 is 14.3 Å².